The molecular formula is C16H25NO6S. The van der Waals surface area contributed by atoms with E-state index in [2.05, 4.69) is 4.72 Å². The van der Waals surface area contributed by atoms with Gasteiger partial charge in [0.2, 0.25) is 10.0 Å². The number of hydrogen-bond donors (Lipinski definition) is 1. The van der Waals surface area contributed by atoms with Gasteiger partial charge < -0.3 is 14.2 Å². The summed E-state index contributed by atoms with van der Waals surface area (Å²) in [6, 6.07) is 3.34. The number of methoxy groups -OCH3 is 1. The van der Waals surface area contributed by atoms with Gasteiger partial charge in [0.1, 0.15) is 12.4 Å². The highest BCUT2D eigenvalue weighted by molar-refractivity contribution is 7.89. The molecule has 0 aliphatic rings. The van der Waals surface area contributed by atoms with Gasteiger partial charge in [-0.1, -0.05) is 0 Å². The van der Waals surface area contributed by atoms with Crippen molar-refractivity contribution in [3.05, 3.63) is 23.3 Å². The summed E-state index contributed by atoms with van der Waals surface area (Å²) in [4.78, 5) is 11.5. The number of aryl methyl sites for hydroxylation is 2. The van der Waals surface area contributed by atoms with Crippen LogP contribution in [0.25, 0.3) is 0 Å². The second-order valence-electron chi connectivity index (χ2n) is 5.18. The van der Waals surface area contributed by atoms with Crippen molar-refractivity contribution < 1.29 is 27.4 Å². The monoisotopic (exact) mass is 359 g/mol. The average Bonchev–Trinajstić information content (AvgIpc) is 2.46. The van der Waals surface area contributed by atoms with E-state index in [1.165, 1.54) is 0 Å². The molecule has 0 radical (unpaired) electrons. The first-order valence-electron chi connectivity index (χ1n) is 7.70. The van der Waals surface area contributed by atoms with Crippen LogP contribution in [0.3, 0.4) is 0 Å². The third kappa shape index (κ3) is 6.10. The lowest BCUT2D eigenvalue weighted by Gasteiger charge is -2.14. The number of nitrogens with one attached hydrogen (secondary N) is 1. The molecule has 136 valence electrons. The standard InChI is InChI=1S/C16H25NO6S/c1-5-22-15(18)6-7-17-24(19,20)16-12(2)10-14(11-13(16)3)23-9-8-21-4/h10-11,17H,5-9H2,1-4H3. The molecule has 0 saturated carbocycles. The van der Waals surface area contributed by atoms with Gasteiger partial charge in [-0.2, -0.15) is 0 Å². The van der Waals surface area contributed by atoms with Gasteiger partial charge in [-0.25, -0.2) is 13.1 Å². The van der Waals surface area contributed by atoms with Crippen molar-refractivity contribution >= 4 is 16.0 Å². The van der Waals surface area contributed by atoms with Gasteiger partial charge in [0.25, 0.3) is 0 Å². The molecule has 1 rings (SSSR count). The summed E-state index contributed by atoms with van der Waals surface area (Å²) in [5.74, 6) is 0.156. The number of benzene rings is 1. The Labute approximate surface area is 143 Å². The van der Waals surface area contributed by atoms with Crippen LogP contribution in [0, 0.1) is 13.8 Å². The Hall–Kier alpha value is -1.64. The number of hydrogen-bond acceptors (Lipinski definition) is 6. The fraction of sp³-hybridized carbons (Fsp3) is 0.562. The van der Waals surface area contributed by atoms with Crippen molar-refractivity contribution in [3.8, 4) is 5.75 Å². The smallest absolute Gasteiger partial charge is 0.307 e. The molecular weight excluding hydrogens is 334 g/mol. The SMILES string of the molecule is CCOC(=O)CCNS(=O)(=O)c1c(C)cc(OCCOC)cc1C. The summed E-state index contributed by atoms with van der Waals surface area (Å²) in [5, 5.41) is 0. The largest absolute Gasteiger partial charge is 0.491 e. The first-order chi connectivity index (χ1) is 11.3. The maximum atomic E-state index is 12.5. The van der Waals surface area contributed by atoms with Crippen molar-refractivity contribution in [3.63, 3.8) is 0 Å². The number of carbonyl (C=O) groups is 1. The fourth-order valence-electron chi connectivity index (χ4n) is 2.25. The highest BCUT2D eigenvalue weighted by atomic mass is 32.2. The molecule has 0 spiro atoms. The Morgan fingerprint density at radius 3 is 2.33 bits per heavy atom. The summed E-state index contributed by atoms with van der Waals surface area (Å²) >= 11 is 0. The Kier molecular flexibility index (Phi) is 8.17. The predicted molar refractivity (Wildman–Crippen MR) is 89.7 cm³/mol. The molecule has 0 fully saturated rings. The second kappa shape index (κ2) is 9.61. The molecule has 0 saturated heterocycles. The van der Waals surface area contributed by atoms with E-state index in [0.29, 0.717) is 30.1 Å². The fourth-order valence-corrected chi connectivity index (χ4v) is 3.73. The summed E-state index contributed by atoms with van der Waals surface area (Å²) in [6.07, 6.45) is -0.0105. The van der Waals surface area contributed by atoms with E-state index in [0.717, 1.165) is 0 Å². The van der Waals surface area contributed by atoms with Crippen molar-refractivity contribution in [2.24, 2.45) is 0 Å². The first kappa shape index (κ1) is 20.4. The van der Waals surface area contributed by atoms with Crippen LogP contribution >= 0.6 is 0 Å². The van der Waals surface area contributed by atoms with Gasteiger partial charge >= 0.3 is 5.97 Å². The molecule has 0 aromatic heterocycles. The number of rotatable bonds is 10. The number of sulfonamides is 1. The molecule has 1 N–H and O–H groups in total. The quantitative estimate of drug-likeness (QED) is 0.504. The molecule has 0 atom stereocenters. The minimum Gasteiger partial charge on any atom is -0.491 e. The zero-order chi connectivity index (χ0) is 18.2. The molecule has 0 amide bonds. The van der Waals surface area contributed by atoms with Gasteiger partial charge in [0.05, 0.1) is 24.5 Å². The number of ether oxygens (including phenoxy) is 3. The van der Waals surface area contributed by atoms with Crippen LogP contribution in [0.2, 0.25) is 0 Å². The van der Waals surface area contributed by atoms with Crippen LogP contribution in [0.4, 0.5) is 0 Å². The molecule has 0 aliphatic heterocycles. The molecule has 1 aromatic rings. The topological polar surface area (TPSA) is 90.9 Å². The van der Waals surface area contributed by atoms with Crippen LogP contribution in [0.15, 0.2) is 17.0 Å². The first-order valence-corrected chi connectivity index (χ1v) is 9.18. The average molecular weight is 359 g/mol. The Balaban J connectivity index is 2.82. The molecule has 0 unspecified atom stereocenters. The molecule has 0 aliphatic carbocycles. The van der Waals surface area contributed by atoms with Crippen molar-refractivity contribution in [1.82, 2.24) is 4.72 Å². The lowest BCUT2D eigenvalue weighted by molar-refractivity contribution is -0.142. The van der Waals surface area contributed by atoms with E-state index in [-0.39, 0.29) is 24.5 Å². The van der Waals surface area contributed by atoms with E-state index in [9.17, 15) is 13.2 Å². The van der Waals surface area contributed by atoms with Gasteiger partial charge in [0, 0.05) is 13.7 Å². The van der Waals surface area contributed by atoms with Gasteiger partial charge in [-0.3, -0.25) is 4.79 Å². The minimum atomic E-state index is -3.71. The lowest BCUT2D eigenvalue weighted by Crippen LogP contribution is -2.28. The van der Waals surface area contributed by atoms with Crippen molar-refractivity contribution in [2.45, 2.75) is 32.1 Å². The van der Waals surface area contributed by atoms with E-state index in [1.54, 1.807) is 40.0 Å². The second-order valence-corrected chi connectivity index (χ2v) is 6.88. The summed E-state index contributed by atoms with van der Waals surface area (Å²) in [5.41, 5.74) is 1.15. The van der Waals surface area contributed by atoms with Gasteiger partial charge in [-0.15, -0.1) is 0 Å². The van der Waals surface area contributed by atoms with Crippen LogP contribution in [0.1, 0.15) is 24.5 Å². The summed E-state index contributed by atoms with van der Waals surface area (Å²) < 4.78 is 42.6. The molecule has 24 heavy (non-hydrogen) atoms. The normalized spacial score (nSPS) is 11.3. The van der Waals surface area contributed by atoms with E-state index in [1.807, 2.05) is 0 Å². The highest BCUT2D eigenvalue weighted by Gasteiger charge is 2.20. The number of esters is 1. The van der Waals surface area contributed by atoms with Crippen LogP contribution < -0.4 is 9.46 Å². The predicted octanol–water partition coefficient (Wildman–Crippen LogP) is 1.56. The van der Waals surface area contributed by atoms with E-state index >= 15 is 0 Å². The van der Waals surface area contributed by atoms with E-state index in [4.69, 9.17) is 14.2 Å². The third-order valence-electron chi connectivity index (χ3n) is 3.19. The maximum absolute atomic E-state index is 12.5. The summed E-state index contributed by atoms with van der Waals surface area (Å²) in [6.45, 7) is 6.21. The minimum absolute atomic E-state index is 0.00780. The molecule has 7 nitrogen and oxygen atoms in total. The molecule has 0 heterocycles. The van der Waals surface area contributed by atoms with Crippen molar-refractivity contribution in [1.29, 1.82) is 0 Å². The molecule has 8 heteroatoms. The molecule has 0 bridgehead atoms. The Bertz CT molecular complexity index is 634. The zero-order valence-electron chi connectivity index (χ0n) is 14.5. The summed E-state index contributed by atoms with van der Waals surface area (Å²) in [7, 11) is -2.13. The Morgan fingerprint density at radius 2 is 1.79 bits per heavy atom. The van der Waals surface area contributed by atoms with Gasteiger partial charge in [-0.05, 0) is 44.0 Å². The zero-order valence-corrected chi connectivity index (χ0v) is 15.4. The van der Waals surface area contributed by atoms with E-state index < -0.39 is 16.0 Å². The maximum Gasteiger partial charge on any atom is 0.307 e. The van der Waals surface area contributed by atoms with Gasteiger partial charge in [0.15, 0.2) is 0 Å². The van der Waals surface area contributed by atoms with Crippen LogP contribution in [0.5, 0.6) is 5.75 Å². The van der Waals surface area contributed by atoms with Crippen molar-refractivity contribution in [2.75, 3.05) is 33.5 Å². The molecule has 1 aromatic carbocycles. The third-order valence-corrected chi connectivity index (χ3v) is 4.95. The number of carbonyl (C=O) groups excluding carboxylic acids is 1. The van der Waals surface area contributed by atoms with Crippen LogP contribution in [-0.2, 0) is 24.3 Å². The Morgan fingerprint density at radius 1 is 1.17 bits per heavy atom. The lowest BCUT2D eigenvalue weighted by atomic mass is 10.1. The highest BCUT2D eigenvalue weighted by Crippen LogP contribution is 2.25. The van der Waals surface area contributed by atoms with Crippen LogP contribution in [-0.4, -0.2) is 47.9 Å².